The maximum Gasteiger partial charge on any atom is 0.329 e. The van der Waals surface area contributed by atoms with Gasteiger partial charge in [-0.3, -0.25) is 9.59 Å². The van der Waals surface area contributed by atoms with Gasteiger partial charge in [-0.2, -0.15) is 0 Å². The number of esters is 1. The standard InChI is InChI=1S/C45H61NO9/c1-8-39(36-27-33(5)43(51-7)42(29-36)50-6)44(48)46-22-11-10-17-40(46)45(49)55-41(21-20-34-19-18-31(3)32(4)26-34)35-14-12-16-38(28-35)54-30-37(47)15-13-23-53-25-24-52-9-2/h12,14,16,18-19,26-29,39-41H,8-11,13,15,17,20-25,30H2,1-7H3/t39-,40-,41?/m0/s1. The quantitative estimate of drug-likeness (QED) is 0.0740. The van der Waals surface area contributed by atoms with E-state index in [1.54, 1.807) is 25.2 Å². The monoisotopic (exact) mass is 759 g/mol. The molecule has 10 nitrogen and oxygen atoms in total. The minimum Gasteiger partial charge on any atom is -0.493 e. The minimum atomic E-state index is -0.708. The number of aryl methyl sites for hydroxylation is 4. The van der Waals surface area contributed by atoms with Crippen LogP contribution in [0.15, 0.2) is 54.6 Å². The van der Waals surface area contributed by atoms with E-state index in [2.05, 4.69) is 32.0 Å². The highest BCUT2D eigenvalue weighted by Gasteiger charge is 2.38. The molecule has 3 aromatic rings. The molecule has 0 saturated carbocycles. The van der Waals surface area contributed by atoms with Gasteiger partial charge in [0.05, 0.1) is 33.4 Å². The fraction of sp³-hybridized carbons (Fsp3) is 0.533. The van der Waals surface area contributed by atoms with Crippen molar-refractivity contribution in [2.75, 3.05) is 53.8 Å². The second-order valence-corrected chi connectivity index (χ2v) is 14.3. The first-order valence-corrected chi connectivity index (χ1v) is 19.8. The largest absolute Gasteiger partial charge is 0.493 e. The zero-order chi connectivity index (χ0) is 39.7. The summed E-state index contributed by atoms with van der Waals surface area (Å²) in [7, 11) is 3.19. The number of methoxy groups -OCH3 is 2. The Hall–Kier alpha value is -4.41. The highest BCUT2D eigenvalue weighted by atomic mass is 16.5. The first-order chi connectivity index (χ1) is 26.6. The van der Waals surface area contributed by atoms with Crippen molar-refractivity contribution in [1.29, 1.82) is 0 Å². The Kier molecular flexibility index (Phi) is 17.5. The highest BCUT2D eigenvalue weighted by Crippen LogP contribution is 2.37. The summed E-state index contributed by atoms with van der Waals surface area (Å²) in [5.74, 6) is 0.733. The molecule has 300 valence electrons. The molecule has 3 atom stereocenters. The SMILES string of the molecule is CCOCCOCCCC(=O)COc1cccc(C(CCc2ccc(C)c(C)c2)OC(=O)[C@@H]2CCCCN2C(=O)[C@@H](CC)c2cc(C)c(OC)c(OC)c2)c1. The Morgan fingerprint density at radius 3 is 2.36 bits per heavy atom. The van der Waals surface area contributed by atoms with Gasteiger partial charge in [-0.05, 0) is 124 Å². The van der Waals surface area contributed by atoms with E-state index in [9.17, 15) is 14.4 Å². The van der Waals surface area contributed by atoms with Crippen LogP contribution in [0.3, 0.4) is 0 Å². The molecule has 0 N–H and O–H groups in total. The van der Waals surface area contributed by atoms with Crippen LogP contribution >= 0.6 is 0 Å². The molecule has 1 heterocycles. The number of amides is 1. The molecule has 1 aliphatic heterocycles. The van der Waals surface area contributed by atoms with E-state index in [0.29, 0.717) is 88.7 Å². The molecule has 1 unspecified atom stereocenters. The summed E-state index contributed by atoms with van der Waals surface area (Å²) >= 11 is 0. The van der Waals surface area contributed by atoms with Crippen LogP contribution in [0.2, 0.25) is 0 Å². The van der Waals surface area contributed by atoms with Gasteiger partial charge in [0.15, 0.2) is 17.3 Å². The molecule has 0 aliphatic carbocycles. The lowest BCUT2D eigenvalue weighted by Crippen LogP contribution is -2.50. The van der Waals surface area contributed by atoms with Gasteiger partial charge in [-0.15, -0.1) is 0 Å². The molecule has 1 aliphatic rings. The predicted octanol–water partition coefficient (Wildman–Crippen LogP) is 8.20. The average Bonchev–Trinajstić information content (AvgIpc) is 3.19. The summed E-state index contributed by atoms with van der Waals surface area (Å²) in [6, 6.07) is 16.9. The third-order valence-corrected chi connectivity index (χ3v) is 10.3. The smallest absolute Gasteiger partial charge is 0.329 e. The van der Waals surface area contributed by atoms with Crippen LogP contribution in [0.5, 0.6) is 17.2 Å². The number of hydrogen-bond donors (Lipinski definition) is 0. The number of carbonyl (C=O) groups excluding carboxylic acids is 3. The van der Waals surface area contributed by atoms with Crippen molar-refractivity contribution in [2.45, 2.75) is 104 Å². The molecule has 0 spiro atoms. The molecule has 55 heavy (non-hydrogen) atoms. The van der Waals surface area contributed by atoms with Crippen LogP contribution < -0.4 is 14.2 Å². The molecule has 3 aromatic carbocycles. The molecule has 10 heteroatoms. The number of ketones is 1. The number of benzene rings is 3. The van der Waals surface area contributed by atoms with E-state index in [0.717, 1.165) is 35.1 Å². The van der Waals surface area contributed by atoms with Gasteiger partial charge in [0.1, 0.15) is 24.5 Å². The zero-order valence-corrected chi connectivity index (χ0v) is 33.9. The number of nitrogens with zero attached hydrogens (tertiary/aromatic N) is 1. The number of hydrogen-bond acceptors (Lipinski definition) is 9. The predicted molar refractivity (Wildman–Crippen MR) is 213 cm³/mol. The lowest BCUT2D eigenvalue weighted by Gasteiger charge is -2.37. The number of piperidine rings is 1. The molecular weight excluding hydrogens is 698 g/mol. The maximum absolute atomic E-state index is 14.3. The molecule has 1 amide bonds. The van der Waals surface area contributed by atoms with Gasteiger partial charge in [-0.1, -0.05) is 43.3 Å². The fourth-order valence-electron chi connectivity index (χ4n) is 7.12. The van der Waals surface area contributed by atoms with Gasteiger partial charge in [0.25, 0.3) is 0 Å². The van der Waals surface area contributed by atoms with Crippen molar-refractivity contribution in [3.05, 3.63) is 88.0 Å². The van der Waals surface area contributed by atoms with E-state index in [4.69, 9.17) is 28.4 Å². The van der Waals surface area contributed by atoms with Gasteiger partial charge in [-0.25, -0.2) is 4.79 Å². The van der Waals surface area contributed by atoms with E-state index in [-0.39, 0.29) is 18.3 Å². The Labute approximate surface area is 327 Å². The molecular formula is C45H61NO9. The fourth-order valence-corrected chi connectivity index (χ4v) is 7.12. The second-order valence-electron chi connectivity index (χ2n) is 14.3. The van der Waals surface area contributed by atoms with E-state index >= 15 is 0 Å². The molecule has 0 bridgehead atoms. The van der Waals surface area contributed by atoms with Crippen LogP contribution in [0.4, 0.5) is 0 Å². The maximum atomic E-state index is 14.3. The lowest BCUT2D eigenvalue weighted by atomic mass is 9.91. The van der Waals surface area contributed by atoms with Crippen molar-refractivity contribution in [3.63, 3.8) is 0 Å². The van der Waals surface area contributed by atoms with Crippen molar-refractivity contribution in [3.8, 4) is 17.2 Å². The zero-order valence-electron chi connectivity index (χ0n) is 33.9. The molecule has 4 rings (SSSR count). The van der Waals surface area contributed by atoms with Crippen LogP contribution in [-0.2, 0) is 35.0 Å². The summed E-state index contributed by atoms with van der Waals surface area (Å²) in [5, 5.41) is 0. The Bertz CT molecular complexity index is 1710. The van der Waals surface area contributed by atoms with Crippen molar-refractivity contribution in [2.24, 2.45) is 0 Å². The summed E-state index contributed by atoms with van der Waals surface area (Å²) < 4.78 is 34.3. The third-order valence-electron chi connectivity index (χ3n) is 10.3. The summed E-state index contributed by atoms with van der Waals surface area (Å²) in [6.45, 7) is 12.6. The van der Waals surface area contributed by atoms with E-state index in [1.807, 2.05) is 51.1 Å². The summed E-state index contributed by atoms with van der Waals surface area (Å²) in [6.07, 6.45) is 4.29. The molecule has 0 radical (unpaired) electrons. The van der Waals surface area contributed by atoms with Crippen LogP contribution in [-0.4, -0.2) is 82.4 Å². The number of rotatable bonds is 22. The van der Waals surface area contributed by atoms with Crippen molar-refractivity contribution < 1.29 is 42.8 Å². The lowest BCUT2D eigenvalue weighted by molar-refractivity contribution is -0.162. The van der Waals surface area contributed by atoms with Crippen molar-refractivity contribution >= 4 is 17.7 Å². The van der Waals surface area contributed by atoms with Gasteiger partial charge < -0.3 is 33.3 Å². The highest BCUT2D eigenvalue weighted by molar-refractivity contribution is 5.89. The first kappa shape index (κ1) is 43.3. The number of ether oxygens (including phenoxy) is 6. The Balaban J connectivity index is 1.50. The molecule has 0 aromatic heterocycles. The van der Waals surface area contributed by atoms with E-state index < -0.39 is 24.0 Å². The van der Waals surface area contributed by atoms with Gasteiger partial charge in [0, 0.05) is 26.2 Å². The topological polar surface area (TPSA) is 110 Å². The van der Waals surface area contributed by atoms with Crippen LogP contribution in [0, 0.1) is 20.8 Å². The average molecular weight is 760 g/mol. The van der Waals surface area contributed by atoms with Gasteiger partial charge >= 0.3 is 5.97 Å². The number of likely N-dealkylation sites (tertiary alicyclic amines) is 1. The molecule has 1 fully saturated rings. The van der Waals surface area contributed by atoms with Crippen molar-refractivity contribution in [1.82, 2.24) is 4.90 Å². The number of carbonyl (C=O) groups is 3. The Morgan fingerprint density at radius 1 is 0.836 bits per heavy atom. The summed E-state index contributed by atoms with van der Waals surface area (Å²) in [5.41, 5.74) is 6.04. The van der Waals surface area contributed by atoms with Crippen LogP contribution in [0.1, 0.15) is 104 Å². The Morgan fingerprint density at radius 2 is 1.64 bits per heavy atom. The minimum absolute atomic E-state index is 0.0211. The van der Waals surface area contributed by atoms with Crippen LogP contribution in [0.25, 0.3) is 0 Å². The normalized spacial score (nSPS) is 15.3. The number of Topliss-reactive ketones (excluding diaryl/α,β-unsaturated/α-hetero) is 1. The van der Waals surface area contributed by atoms with Gasteiger partial charge in [0.2, 0.25) is 5.91 Å². The summed E-state index contributed by atoms with van der Waals surface area (Å²) in [4.78, 5) is 42.9. The third kappa shape index (κ3) is 12.6. The second kappa shape index (κ2) is 22.2. The van der Waals surface area contributed by atoms with E-state index in [1.165, 1.54) is 11.1 Å². The molecule has 1 saturated heterocycles. The first-order valence-electron chi connectivity index (χ1n) is 19.8.